The second kappa shape index (κ2) is 5.30. The normalized spacial score (nSPS) is 26.8. The number of aliphatic hydroxyl groups is 1. The highest BCUT2D eigenvalue weighted by Crippen LogP contribution is 2.21. The summed E-state index contributed by atoms with van der Waals surface area (Å²) in [6, 6.07) is 2.57. The van der Waals surface area contributed by atoms with Gasteiger partial charge in [0.2, 0.25) is 0 Å². The van der Waals surface area contributed by atoms with Crippen LogP contribution < -0.4 is 5.32 Å². The Bertz CT molecular complexity index is 307. The molecule has 1 aromatic heterocycles. The van der Waals surface area contributed by atoms with E-state index < -0.39 is 0 Å². The molecule has 1 aliphatic carbocycles. The Morgan fingerprint density at radius 2 is 2.13 bits per heavy atom. The van der Waals surface area contributed by atoms with E-state index in [1.54, 1.807) is 11.3 Å². The molecule has 84 valence electrons. The van der Waals surface area contributed by atoms with Gasteiger partial charge in [0.05, 0.1) is 11.1 Å². The summed E-state index contributed by atoms with van der Waals surface area (Å²) in [6.07, 6.45) is 3.96. The van der Waals surface area contributed by atoms with Crippen LogP contribution in [-0.2, 0) is 6.54 Å². The summed E-state index contributed by atoms with van der Waals surface area (Å²) in [6.45, 7) is 0.901. The van der Waals surface area contributed by atoms with Crippen LogP contribution in [0.3, 0.4) is 0 Å². The Labute approximate surface area is 99.3 Å². The van der Waals surface area contributed by atoms with Gasteiger partial charge in [0.25, 0.3) is 0 Å². The molecule has 1 saturated carbocycles. The number of rotatable bonds is 3. The molecule has 0 amide bonds. The first-order valence-electron chi connectivity index (χ1n) is 5.38. The van der Waals surface area contributed by atoms with Crippen LogP contribution in [0.1, 0.15) is 30.6 Å². The fourth-order valence-corrected chi connectivity index (χ4v) is 3.00. The molecule has 4 heteroatoms. The molecule has 1 aliphatic rings. The Morgan fingerprint density at radius 1 is 1.40 bits per heavy atom. The zero-order valence-corrected chi connectivity index (χ0v) is 10.2. The molecule has 0 unspecified atom stereocenters. The number of halogens is 1. The van der Waals surface area contributed by atoms with E-state index in [9.17, 15) is 5.11 Å². The van der Waals surface area contributed by atoms with Gasteiger partial charge in [-0.25, -0.2) is 0 Å². The summed E-state index contributed by atoms with van der Waals surface area (Å²) < 4.78 is 0. The number of nitrogens with one attached hydrogen (secondary N) is 1. The Kier molecular flexibility index (Phi) is 4.03. The van der Waals surface area contributed by atoms with Crippen LogP contribution in [0.2, 0.25) is 5.02 Å². The second-order valence-electron chi connectivity index (χ2n) is 4.12. The number of thiophene rings is 1. The molecule has 0 radical (unpaired) electrons. The van der Waals surface area contributed by atoms with Crippen molar-refractivity contribution < 1.29 is 5.11 Å². The van der Waals surface area contributed by atoms with Crippen molar-refractivity contribution in [3.8, 4) is 0 Å². The molecule has 0 atom stereocenters. The van der Waals surface area contributed by atoms with Gasteiger partial charge in [-0.15, -0.1) is 11.3 Å². The molecule has 15 heavy (non-hydrogen) atoms. The summed E-state index contributed by atoms with van der Waals surface area (Å²) in [5.41, 5.74) is 0. The third-order valence-corrected chi connectivity index (χ3v) is 4.17. The maximum absolute atomic E-state index is 9.37. The fraction of sp³-hybridized carbons (Fsp3) is 0.636. The first-order chi connectivity index (χ1) is 7.24. The van der Waals surface area contributed by atoms with Crippen LogP contribution in [0.5, 0.6) is 0 Å². The van der Waals surface area contributed by atoms with Crippen molar-refractivity contribution in [1.29, 1.82) is 0 Å². The van der Waals surface area contributed by atoms with E-state index in [4.69, 9.17) is 11.6 Å². The SMILES string of the molecule is OC1CCC(NCc2cc(Cl)cs2)CC1. The molecule has 0 aliphatic heterocycles. The Hall–Kier alpha value is -0.0900. The molecule has 2 nitrogen and oxygen atoms in total. The fourth-order valence-electron chi connectivity index (χ4n) is 1.97. The van der Waals surface area contributed by atoms with Crippen molar-refractivity contribution in [2.45, 2.75) is 44.4 Å². The van der Waals surface area contributed by atoms with Crippen LogP contribution in [-0.4, -0.2) is 17.3 Å². The highest BCUT2D eigenvalue weighted by Gasteiger charge is 2.18. The highest BCUT2D eigenvalue weighted by molar-refractivity contribution is 7.10. The smallest absolute Gasteiger partial charge is 0.0541 e. The van der Waals surface area contributed by atoms with Gasteiger partial charge >= 0.3 is 0 Å². The minimum atomic E-state index is -0.0702. The van der Waals surface area contributed by atoms with E-state index in [1.807, 2.05) is 11.4 Å². The quantitative estimate of drug-likeness (QED) is 0.859. The van der Waals surface area contributed by atoms with Gasteiger partial charge in [0, 0.05) is 22.8 Å². The van der Waals surface area contributed by atoms with Crippen molar-refractivity contribution in [2.75, 3.05) is 0 Å². The van der Waals surface area contributed by atoms with Gasteiger partial charge < -0.3 is 10.4 Å². The standard InChI is InChI=1S/C11H16ClNOS/c12-8-5-11(15-7-8)6-13-9-1-3-10(14)4-2-9/h5,7,9-10,13-14H,1-4,6H2. The third kappa shape index (κ3) is 3.45. The molecular weight excluding hydrogens is 230 g/mol. The number of hydrogen-bond acceptors (Lipinski definition) is 3. The maximum atomic E-state index is 9.37. The molecule has 1 fully saturated rings. The third-order valence-electron chi connectivity index (χ3n) is 2.88. The lowest BCUT2D eigenvalue weighted by atomic mass is 9.93. The van der Waals surface area contributed by atoms with Gasteiger partial charge in [0.15, 0.2) is 0 Å². The number of hydrogen-bond donors (Lipinski definition) is 2. The first kappa shape index (κ1) is 11.4. The van der Waals surface area contributed by atoms with E-state index in [0.29, 0.717) is 6.04 Å². The minimum absolute atomic E-state index is 0.0702. The second-order valence-corrected chi connectivity index (χ2v) is 5.55. The molecule has 0 aromatic carbocycles. The highest BCUT2D eigenvalue weighted by atomic mass is 35.5. The van der Waals surface area contributed by atoms with Crippen LogP contribution in [0, 0.1) is 0 Å². The first-order valence-corrected chi connectivity index (χ1v) is 6.64. The van der Waals surface area contributed by atoms with Gasteiger partial charge in [-0.3, -0.25) is 0 Å². The molecule has 1 aromatic rings. The van der Waals surface area contributed by atoms with Crippen molar-refractivity contribution in [2.24, 2.45) is 0 Å². The largest absolute Gasteiger partial charge is 0.393 e. The van der Waals surface area contributed by atoms with E-state index in [2.05, 4.69) is 5.32 Å². The zero-order chi connectivity index (χ0) is 10.7. The summed E-state index contributed by atoms with van der Waals surface area (Å²) in [5.74, 6) is 0. The maximum Gasteiger partial charge on any atom is 0.0541 e. The predicted octanol–water partition coefficient (Wildman–Crippen LogP) is 2.79. The molecule has 1 heterocycles. The molecular formula is C11H16ClNOS. The molecule has 0 bridgehead atoms. The Morgan fingerprint density at radius 3 is 2.73 bits per heavy atom. The van der Waals surface area contributed by atoms with Gasteiger partial charge in [-0.05, 0) is 31.7 Å². The van der Waals surface area contributed by atoms with Gasteiger partial charge in [-0.1, -0.05) is 11.6 Å². The van der Waals surface area contributed by atoms with Gasteiger partial charge in [-0.2, -0.15) is 0 Å². The molecule has 0 saturated heterocycles. The lowest BCUT2D eigenvalue weighted by Gasteiger charge is -2.26. The van der Waals surface area contributed by atoms with Crippen LogP contribution in [0.4, 0.5) is 0 Å². The number of aliphatic hydroxyl groups excluding tert-OH is 1. The summed E-state index contributed by atoms with van der Waals surface area (Å²) in [7, 11) is 0. The van der Waals surface area contributed by atoms with Crippen molar-refractivity contribution in [3.05, 3.63) is 21.3 Å². The van der Waals surface area contributed by atoms with E-state index in [-0.39, 0.29) is 6.10 Å². The van der Waals surface area contributed by atoms with E-state index >= 15 is 0 Å². The molecule has 0 spiro atoms. The molecule has 2 N–H and O–H groups in total. The van der Waals surface area contributed by atoms with Crippen molar-refractivity contribution in [1.82, 2.24) is 5.32 Å². The van der Waals surface area contributed by atoms with Crippen molar-refractivity contribution in [3.63, 3.8) is 0 Å². The summed E-state index contributed by atoms with van der Waals surface area (Å²) >= 11 is 7.55. The zero-order valence-electron chi connectivity index (χ0n) is 8.58. The van der Waals surface area contributed by atoms with Crippen LogP contribution in [0.15, 0.2) is 11.4 Å². The van der Waals surface area contributed by atoms with E-state index in [1.165, 1.54) is 4.88 Å². The minimum Gasteiger partial charge on any atom is -0.393 e. The van der Waals surface area contributed by atoms with Crippen molar-refractivity contribution >= 4 is 22.9 Å². The lowest BCUT2D eigenvalue weighted by molar-refractivity contribution is 0.116. The summed E-state index contributed by atoms with van der Waals surface area (Å²) in [4.78, 5) is 1.28. The van der Waals surface area contributed by atoms with Gasteiger partial charge in [0.1, 0.15) is 0 Å². The monoisotopic (exact) mass is 245 g/mol. The van der Waals surface area contributed by atoms with Crippen LogP contribution in [0.25, 0.3) is 0 Å². The summed E-state index contributed by atoms with van der Waals surface area (Å²) in [5, 5.41) is 15.7. The predicted molar refractivity (Wildman–Crippen MR) is 64.4 cm³/mol. The Balaban J connectivity index is 1.74. The van der Waals surface area contributed by atoms with Crippen LogP contribution >= 0.6 is 22.9 Å². The topological polar surface area (TPSA) is 32.3 Å². The van der Waals surface area contributed by atoms with E-state index in [0.717, 1.165) is 37.3 Å². The molecule has 2 rings (SSSR count). The lowest BCUT2D eigenvalue weighted by Crippen LogP contribution is -2.33. The average Bonchev–Trinajstić information content (AvgIpc) is 2.64. The average molecular weight is 246 g/mol.